The van der Waals surface area contributed by atoms with Crippen LogP contribution in [0.25, 0.3) is 55.3 Å². The molecule has 0 spiro atoms. The molecule has 0 N–H and O–H groups in total. The zero-order valence-electron chi connectivity index (χ0n) is 24.6. The Bertz CT molecular complexity index is 2320. The quantitative estimate of drug-likeness (QED) is 0.196. The van der Waals surface area contributed by atoms with Gasteiger partial charge in [0.2, 0.25) is 0 Å². The van der Waals surface area contributed by atoms with E-state index in [4.69, 9.17) is 4.98 Å². The van der Waals surface area contributed by atoms with E-state index in [0.717, 1.165) is 38.8 Å². The third-order valence-corrected chi connectivity index (χ3v) is 9.37. The van der Waals surface area contributed by atoms with Gasteiger partial charge in [-0.15, -0.1) is 0 Å². The zero-order valence-corrected chi connectivity index (χ0v) is 24.6. The lowest BCUT2D eigenvalue weighted by atomic mass is 9.67. The lowest BCUT2D eigenvalue weighted by Gasteiger charge is -2.34. The Labute approximate surface area is 262 Å². The van der Waals surface area contributed by atoms with Crippen LogP contribution >= 0.6 is 0 Å². The van der Waals surface area contributed by atoms with E-state index >= 15 is 0 Å². The second-order valence-corrected chi connectivity index (χ2v) is 11.7. The Balaban J connectivity index is 1.42. The number of pyridine rings is 2. The highest BCUT2D eigenvalue weighted by atomic mass is 14.7. The molecule has 0 atom stereocenters. The fraction of sp³-hybridized carbons (Fsp3) is 0.0233. The Morgan fingerprint density at radius 1 is 0.422 bits per heavy atom. The van der Waals surface area contributed by atoms with Gasteiger partial charge in [-0.3, -0.25) is 4.98 Å². The Hall–Kier alpha value is -5.86. The van der Waals surface area contributed by atoms with Crippen molar-refractivity contribution in [2.45, 2.75) is 5.41 Å². The summed E-state index contributed by atoms with van der Waals surface area (Å²) in [5.74, 6) is 0. The van der Waals surface area contributed by atoms with E-state index in [1.165, 1.54) is 38.8 Å². The Kier molecular flexibility index (Phi) is 5.76. The molecular formula is C43H28N2. The van der Waals surface area contributed by atoms with Crippen LogP contribution in [0, 0.1) is 0 Å². The van der Waals surface area contributed by atoms with Crippen LogP contribution in [0.2, 0.25) is 0 Å². The van der Waals surface area contributed by atoms with Gasteiger partial charge in [0.25, 0.3) is 0 Å². The van der Waals surface area contributed by atoms with Crippen molar-refractivity contribution in [2.24, 2.45) is 0 Å². The van der Waals surface area contributed by atoms with Gasteiger partial charge in [0.15, 0.2) is 0 Å². The normalized spacial score (nSPS) is 13.1. The van der Waals surface area contributed by atoms with Crippen molar-refractivity contribution in [3.05, 3.63) is 192 Å². The summed E-state index contributed by atoms with van der Waals surface area (Å²) in [5, 5.41) is 3.52. The third-order valence-electron chi connectivity index (χ3n) is 9.37. The highest BCUT2D eigenvalue weighted by molar-refractivity contribution is 6.13. The minimum atomic E-state index is -0.471. The lowest BCUT2D eigenvalue weighted by Crippen LogP contribution is -2.28. The van der Waals surface area contributed by atoms with E-state index in [9.17, 15) is 0 Å². The number of hydrogen-bond donors (Lipinski definition) is 0. The number of aromatic nitrogens is 2. The molecule has 2 aromatic heterocycles. The van der Waals surface area contributed by atoms with E-state index in [0.29, 0.717) is 0 Å². The van der Waals surface area contributed by atoms with Gasteiger partial charge < -0.3 is 0 Å². The summed E-state index contributed by atoms with van der Waals surface area (Å²) in [4.78, 5) is 9.99. The highest BCUT2D eigenvalue weighted by Crippen LogP contribution is 2.57. The molecule has 0 radical (unpaired) electrons. The molecule has 2 heteroatoms. The van der Waals surface area contributed by atoms with Crippen LogP contribution in [0.3, 0.4) is 0 Å². The minimum Gasteiger partial charge on any atom is -0.256 e. The van der Waals surface area contributed by atoms with Crippen molar-refractivity contribution >= 4 is 21.7 Å². The molecule has 2 heterocycles. The van der Waals surface area contributed by atoms with Gasteiger partial charge in [-0.1, -0.05) is 127 Å². The molecule has 0 bridgehead atoms. The number of para-hydroxylation sites is 1. The molecule has 0 amide bonds. The number of hydrogen-bond acceptors (Lipinski definition) is 2. The number of benzene rings is 6. The second-order valence-electron chi connectivity index (χ2n) is 11.7. The molecule has 0 saturated carbocycles. The fourth-order valence-corrected chi connectivity index (χ4v) is 7.47. The van der Waals surface area contributed by atoms with E-state index in [1.54, 1.807) is 0 Å². The van der Waals surface area contributed by atoms with Crippen LogP contribution in [-0.2, 0) is 5.41 Å². The van der Waals surface area contributed by atoms with Crippen LogP contribution in [0.1, 0.15) is 22.3 Å². The van der Waals surface area contributed by atoms with Crippen LogP contribution in [0.5, 0.6) is 0 Å². The maximum Gasteiger partial charge on any atom is 0.0788 e. The molecule has 0 fully saturated rings. The first kappa shape index (κ1) is 25.6. The minimum absolute atomic E-state index is 0.471. The Morgan fingerprint density at radius 2 is 1.11 bits per heavy atom. The molecule has 1 aliphatic carbocycles. The zero-order chi connectivity index (χ0) is 29.8. The fourth-order valence-electron chi connectivity index (χ4n) is 7.47. The topological polar surface area (TPSA) is 25.8 Å². The first-order valence-electron chi connectivity index (χ1n) is 15.4. The van der Waals surface area contributed by atoms with Gasteiger partial charge in [0.05, 0.1) is 22.3 Å². The second kappa shape index (κ2) is 10.1. The smallest absolute Gasteiger partial charge is 0.0788 e. The molecule has 210 valence electrons. The maximum absolute atomic E-state index is 5.36. The average molecular weight is 573 g/mol. The number of fused-ring (bicyclic) bond motifs is 6. The van der Waals surface area contributed by atoms with E-state index < -0.39 is 5.41 Å². The van der Waals surface area contributed by atoms with Crippen LogP contribution in [0.15, 0.2) is 170 Å². The van der Waals surface area contributed by atoms with Crippen LogP contribution in [-0.4, -0.2) is 9.97 Å². The first-order valence-corrected chi connectivity index (χ1v) is 15.4. The van der Waals surface area contributed by atoms with Crippen molar-refractivity contribution in [3.8, 4) is 33.6 Å². The monoisotopic (exact) mass is 572 g/mol. The molecule has 0 aliphatic heterocycles. The molecular weight excluding hydrogens is 544 g/mol. The molecule has 2 nitrogen and oxygen atoms in total. The largest absolute Gasteiger partial charge is 0.256 e. The number of rotatable bonds is 4. The summed E-state index contributed by atoms with van der Waals surface area (Å²) < 4.78 is 0. The van der Waals surface area contributed by atoms with Crippen molar-refractivity contribution in [3.63, 3.8) is 0 Å². The summed E-state index contributed by atoms with van der Waals surface area (Å²) in [6.07, 6.45) is 1.85. The van der Waals surface area contributed by atoms with E-state index in [1.807, 2.05) is 18.3 Å². The van der Waals surface area contributed by atoms with Gasteiger partial charge in [0.1, 0.15) is 0 Å². The van der Waals surface area contributed by atoms with Gasteiger partial charge in [0, 0.05) is 28.1 Å². The highest BCUT2D eigenvalue weighted by Gasteiger charge is 2.46. The summed E-state index contributed by atoms with van der Waals surface area (Å²) in [6.45, 7) is 0. The molecule has 8 aromatic rings. The van der Waals surface area contributed by atoms with Crippen LogP contribution in [0.4, 0.5) is 0 Å². The van der Waals surface area contributed by atoms with Crippen LogP contribution < -0.4 is 0 Å². The summed E-state index contributed by atoms with van der Waals surface area (Å²) in [7, 11) is 0. The SMILES string of the molecule is c1ccc(C2(c3ccccc3)c3ccccc3-c3cc4c(cc32)c(-c2cccc(-c3ccccn3)c2)nc2ccccc24)cc1. The molecule has 0 unspecified atom stereocenters. The van der Waals surface area contributed by atoms with Crippen molar-refractivity contribution < 1.29 is 0 Å². The lowest BCUT2D eigenvalue weighted by molar-refractivity contribution is 0.769. The standard InChI is InChI=1S/C43H28N2/c1-3-16-31(17-4-1)43(32-18-5-2-6-19-32)38-22-9-7-20-33(38)36-27-35-34-21-8-10-24-41(34)45-42(37(35)28-39(36)43)30-15-13-14-29(26-30)40-23-11-12-25-44-40/h1-28H. The van der Waals surface area contributed by atoms with Gasteiger partial charge in [-0.25, -0.2) is 4.98 Å². The summed E-state index contributed by atoms with van der Waals surface area (Å²) in [6, 6.07) is 59.0. The maximum atomic E-state index is 5.36. The van der Waals surface area contributed by atoms with Crippen molar-refractivity contribution in [1.29, 1.82) is 0 Å². The third kappa shape index (κ3) is 3.82. The van der Waals surface area contributed by atoms with E-state index in [-0.39, 0.29) is 0 Å². The number of nitrogens with zero attached hydrogens (tertiary/aromatic N) is 2. The molecule has 0 saturated heterocycles. The predicted molar refractivity (Wildman–Crippen MR) is 185 cm³/mol. The molecule has 1 aliphatic rings. The van der Waals surface area contributed by atoms with Gasteiger partial charge in [-0.2, -0.15) is 0 Å². The van der Waals surface area contributed by atoms with Crippen molar-refractivity contribution in [2.75, 3.05) is 0 Å². The van der Waals surface area contributed by atoms with Gasteiger partial charge >= 0.3 is 0 Å². The van der Waals surface area contributed by atoms with E-state index in [2.05, 4.69) is 157 Å². The molecule has 9 rings (SSSR count). The molecule has 45 heavy (non-hydrogen) atoms. The first-order chi connectivity index (χ1) is 22.3. The summed E-state index contributed by atoms with van der Waals surface area (Å²) in [5.41, 5.74) is 12.3. The average Bonchev–Trinajstić information content (AvgIpc) is 3.42. The van der Waals surface area contributed by atoms with Gasteiger partial charge in [-0.05, 0) is 75.2 Å². The molecule has 6 aromatic carbocycles. The summed E-state index contributed by atoms with van der Waals surface area (Å²) >= 11 is 0. The predicted octanol–water partition coefficient (Wildman–Crippen LogP) is 10.5. The van der Waals surface area contributed by atoms with Crippen molar-refractivity contribution in [1.82, 2.24) is 9.97 Å². The Morgan fingerprint density at radius 3 is 1.89 bits per heavy atom.